The third kappa shape index (κ3) is 2.70. The van der Waals surface area contributed by atoms with E-state index >= 15 is 0 Å². The maximum Gasteiger partial charge on any atom is 0.361 e. The van der Waals surface area contributed by atoms with E-state index < -0.39 is 48.2 Å². The fraction of sp³-hybridized carbons (Fsp3) is 0.500. The normalized spacial score (nSPS) is 30.2. The van der Waals surface area contributed by atoms with Gasteiger partial charge in [0.25, 0.3) is 5.72 Å². The number of amides is 1. The molecule has 0 aromatic carbocycles. The van der Waals surface area contributed by atoms with Crippen LogP contribution in [-0.2, 0) is 20.1 Å². The van der Waals surface area contributed by atoms with Gasteiger partial charge in [-0.05, 0) is 6.07 Å². The van der Waals surface area contributed by atoms with Gasteiger partial charge >= 0.3 is 11.7 Å². The number of aliphatic hydroxyl groups is 3. The van der Waals surface area contributed by atoms with Gasteiger partial charge < -0.3 is 30.5 Å². The number of hydrogen-bond donors (Lipinski definition) is 5. The summed E-state index contributed by atoms with van der Waals surface area (Å²) in [6, 6.07) is 1.13. The van der Waals surface area contributed by atoms with E-state index in [1.54, 1.807) is 0 Å². The second kappa shape index (κ2) is 6.04. The number of rotatable bonds is 4. The van der Waals surface area contributed by atoms with Gasteiger partial charge in [0.2, 0.25) is 5.91 Å². The lowest BCUT2D eigenvalue weighted by molar-refractivity contribution is -0.196. The Morgan fingerprint density at radius 2 is 2.13 bits per heavy atom. The van der Waals surface area contributed by atoms with Gasteiger partial charge in [-0.3, -0.25) is 9.36 Å². The molecule has 1 aliphatic heterocycles. The summed E-state index contributed by atoms with van der Waals surface area (Å²) in [5, 5.41) is 40.6. The molecule has 1 saturated heterocycles. The average Bonchev–Trinajstić information content (AvgIpc) is 2.72. The lowest BCUT2D eigenvalue weighted by Gasteiger charge is -2.29. The minimum absolute atomic E-state index is 0.119. The Balaban J connectivity index is 2.54. The molecule has 1 aliphatic rings. The van der Waals surface area contributed by atoms with Crippen LogP contribution in [0, 0.1) is 0 Å². The third-order valence-electron chi connectivity index (χ3n) is 3.39. The van der Waals surface area contributed by atoms with Gasteiger partial charge in [0, 0.05) is 13.1 Å². The van der Waals surface area contributed by atoms with Crippen LogP contribution in [0.2, 0.25) is 0 Å². The Kier molecular flexibility index (Phi) is 4.47. The van der Waals surface area contributed by atoms with Crippen LogP contribution < -0.4 is 11.0 Å². The summed E-state index contributed by atoms with van der Waals surface area (Å²) >= 11 is 0. The zero-order chi connectivity index (χ0) is 17.4. The van der Waals surface area contributed by atoms with E-state index in [-0.39, 0.29) is 5.82 Å². The quantitative estimate of drug-likeness (QED) is 0.387. The molecule has 11 nitrogen and oxygen atoms in total. The SMILES string of the molecule is CC(=O)Nc1ccn([C@]2(C(=O)O)O[C@H](CO)[C@@H](O)[C@H]2O)c(=O)n1. The second-order valence-electron chi connectivity index (χ2n) is 4.92. The first-order chi connectivity index (χ1) is 10.7. The number of aliphatic carboxylic acids is 1. The highest BCUT2D eigenvalue weighted by Gasteiger charge is 2.61. The molecule has 0 spiro atoms. The smallest absolute Gasteiger partial charge is 0.361 e. The molecular weight excluding hydrogens is 314 g/mol. The van der Waals surface area contributed by atoms with Crippen molar-refractivity contribution >= 4 is 17.7 Å². The molecule has 0 radical (unpaired) electrons. The Morgan fingerprint density at radius 3 is 2.57 bits per heavy atom. The number of hydrogen-bond acceptors (Lipinski definition) is 8. The van der Waals surface area contributed by atoms with Crippen LogP contribution in [0.3, 0.4) is 0 Å². The Labute approximate surface area is 128 Å². The van der Waals surface area contributed by atoms with Gasteiger partial charge in [-0.1, -0.05) is 0 Å². The molecule has 1 aromatic rings. The minimum Gasteiger partial charge on any atom is -0.478 e. The number of carboxylic acids is 1. The maximum atomic E-state index is 12.1. The van der Waals surface area contributed by atoms with E-state index in [1.807, 2.05) is 0 Å². The summed E-state index contributed by atoms with van der Waals surface area (Å²) in [6.45, 7) is 0.428. The van der Waals surface area contributed by atoms with Gasteiger partial charge in [-0.2, -0.15) is 4.98 Å². The van der Waals surface area contributed by atoms with Crippen LogP contribution in [0.5, 0.6) is 0 Å². The van der Waals surface area contributed by atoms with E-state index in [9.17, 15) is 29.7 Å². The van der Waals surface area contributed by atoms with Crippen LogP contribution >= 0.6 is 0 Å². The van der Waals surface area contributed by atoms with Gasteiger partial charge in [0.15, 0.2) is 0 Å². The van der Waals surface area contributed by atoms with Crippen molar-refractivity contribution in [1.29, 1.82) is 0 Å². The predicted octanol–water partition coefficient (Wildman–Crippen LogP) is -2.95. The Morgan fingerprint density at radius 1 is 1.48 bits per heavy atom. The minimum atomic E-state index is -2.65. The molecule has 0 bridgehead atoms. The first-order valence-corrected chi connectivity index (χ1v) is 6.50. The van der Waals surface area contributed by atoms with Crippen molar-refractivity contribution < 1.29 is 34.8 Å². The van der Waals surface area contributed by atoms with E-state index in [1.165, 1.54) is 6.92 Å². The molecule has 2 heterocycles. The molecule has 1 aromatic heterocycles. The first kappa shape index (κ1) is 17.0. The van der Waals surface area contributed by atoms with Crippen LogP contribution in [0.1, 0.15) is 6.92 Å². The van der Waals surface area contributed by atoms with Crippen LogP contribution in [0.15, 0.2) is 17.1 Å². The number of aliphatic hydroxyl groups excluding tert-OH is 3. The van der Waals surface area contributed by atoms with Gasteiger partial charge in [0.1, 0.15) is 24.1 Å². The van der Waals surface area contributed by atoms with Crippen molar-refractivity contribution in [1.82, 2.24) is 9.55 Å². The number of aromatic nitrogens is 2. The molecule has 126 valence electrons. The lowest BCUT2D eigenvalue weighted by Crippen LogP contribution is -2.55. The maximum absolute atomic E-state index is 12.1. The second-order valence-corrected chi connectivity index (χ2v) is 4.92. The fourth-order valence-corrected chi connectivity index (χ4v) is 2.34. The molecule has 23 heavy (non-hydrogen) atoms. The van der Waals surface area contributed by atoms with E-state index in [2.05, 4.69) is 10.3 Å². The van der Waals surface area contributed by atoms with Crippen molar-refractivity contribution in [3.8, 4) is 0 Å². The summed E-state index contributed by atoms with van der Waals surface area (Å²) < 4.78 is 5.53. The summed E-state index contributed by atoms with van der Waals surface area (Å²) in [6.07, 6.45) is -4.20. The number of carbonyl (C=O) groups excluding carboxylic acids is 1. The molecule has 0 unspecified atom stereocenters. The van der Waals surface area contributed by atoms with Crippen LogP contribution in [-0.4, -0.2) is 66.8 Å². The van der Waals surface area contributed by atoms with Gasteiger partial charge in [-0.25, -0.2) is 9.59 Å². The Bertz CT molecular complexity index is 689. The zero-order valence-corrected chi connectivity index (χ0v) is 11.9. The molecule has 4 atom stereocenters. The fourth-order valence-electron chi connectivity index (χ4n) is 2.34. The molecule has 0 aliphatic carbocycles. The summed E-state index contributed by atoms with van der Waals surface area (Å²) in [7, 11) is 0. The molecule has 1 fully saturated rings. The highest BCUT2D eigenvalue weighted by molar-refractivity contribution is 5.87. The van der Waals surface area contributed by atoms with E-state index in [0.29, 0.717) is 4.57 Å². The number of anilines is 1. The highest BCUT2D eigenvalue weighted by Crippen LogP contribution is 2.35. The van der Waals surface area contributed by atoms with Crippen LogP contribution in [0.4, 0.5) is 5.82 Å². The highest BCUT2D eigenvalue weighted by atomic mass is 16.6. The van der Waals surface area contributed by atoms with Crippen molar-refractivity contribution in [2.75, 3.05) is 11.9 Å². The molecular formula is C12H15N3O8. The third-order valence-corrected chi connectivity index (χ3v) is 3.39. The number of carbonyl (C=O) groups is 2. The van der Waals surface area contributed by atoms with Crippen LogP contribution in [0.25, 0.3) is 0 Å². The number of nitrogens with one attached hydrogen (secondary N) is 1. The van der Waals surface area contributed by atoms with Gasteiger partial charge in [-0.15, -0.1) is 0 Å². The van der Waals surface area contributed by atoms with Crippen molar-refractivity contribution in [3.05, 3.63) is 22.7 Å². The van der Waals surface area contributed by atoms with E-state index in [4.69, 9.17) is 9.84 Å². The summed E-state index contributed by atoms with van der Waals surface area (Å²) in [4.78, 5) is 38.1. The monoisotopic (exact) mass is 329 g/mol. The first-order valence-electron chi connectivity index (χ1n) is 6.50. The molecule has 0 saturated carbocycles. The molecule has 1 amide bonds. The van der Waals surface area contributed by atoms with Crippen molar-refractivity contribution in [2.24, 2.45) is 0 Å². The average molecular weight is 329 g/mol. The van der Waals surface area contributed by atoms with Crippen molar-refractivity contribution in [3.63, 3.8) is 0 Å². The topological polar surface area (TPSA) is 171 Å². The van der Waals surface area contributed by atoms with Crippen molar-refractivity contribution in [2.45, 2.75) is 31.0 Å². The predicted molar refractivity (Wildman–Crippen MR) is 72.4 cm³/mol. The standard InChI is InChI=1S/C12H15N3O8/c1-5(17)13-7-2-3-15(11(22)14-7)12(10(20)21)9(19)8(18)6(4-16)23-12/h2-3,6,8-9,16,18-19H,4H2,1H3,(H,20,21)(H,13,14,17,22)/t6-,8-,9-,12+/m1/s1. The number of ether oxygens (including phenoxy) is 1. The van der Waals surface area contributed by atoms with Gasteiger partial charge in [0.05, 0.1) is 6.61 Å². The summed E-state index contributed by atoms with van der Waals surface area (Å²) in [5.41, 5.74) is -3.78. The Hall–Kier alpha value is -2.34. The number of carboxylic acid groups (broad SMARTS) is 1. The zero-order valence-electron chi connectivity index (χ0n) is 11.9. The lowest BCUT2D eigenvalue weighted by atomic mass is 10.0. The molecule has 5 N–H and O–H groups in total. The largest absolute Gasteiger partial charge is 0.478 e. The molecule has 2 rings (SSSR count). The van der Waals surface area contributed by atoms with E-state index in [0.717, 1.165) is 12.3 Å². The summed E-state index contributed by atoms with van der Waals surface area (Å²) in [5.74, 6) is -2.36. The molecule has 11 heteroatoms. The number of nitrogens with zero attached hydrogens (tertiary/aromatic N) is 2.